The van der Waals surface area contributed by atoms with Gasteiger partial charge in [0.05, 0.1) is 32.5 Å². The standard InChI is InChI=1S/C22H21NO4.C12H15NO.CH4/c1-14(24)18-12-16(23-20-11-10-17(25-2)13-19(18)20)9-8-15-6-5-7-21(26-3)22(15)27-4;1-9(8-14)6-10-7-13-12-5-3-2-4-11(10)12;/h5-13H,1-4H3;2-5,7,9,13-14H,6,8H2,1H3;1H4/b9-8+;;. The number of hydrogen-bond acceptors (Lipinski definition) is 6. The van der Waals surface area contributed by atoms with Gasteiger partial charge in [0.1, 0.15) is 5.75 Å². The van der Waals surface area contributed by atoms with Crippen molar-refractivity contribution in [2.24, 2.45) is 5.92 Å². The van der Waals surface area contributed by atoms with E-state index in [9.17, 15) is 4.79 Å². The second kappa shape index (κ2) is 14.8. The van der Waals surface area contributed by atoms with Crippen LogP contribution in [-0.2, 0) is 6.42 Å². The van der Waals surface area contributed by atoms with Gasteiger partial charge in [-0.1, -0.05) is 44.7 Å². The first-order valence-corrected chi connectivity index (χ1v) is 13.4. The summed E-state index contributed by atoms with van der Waals surface area (Å²) in [6, 6.07) is 21.2. The van der Waals surface area contributed by atoms with Crippen molar-refractivity contribution in [3.8, 4) is 17.2 Å². The van der Waals surface area contributed by atoms with Crippen LogP contribution in [0.3, 0.4) is 0 Å². The predicted molar refractivity (Wildman–Crippen MR) is 172 cm³/mol. The lowest BCUT2D eigenvalue weighted by Gasteiger charge is -2.10. The molecule has 1 unspecified atom stereocenters. The summed E-state index contributed by atoms with van der Waals surface area (Å²) < 4.78 is 16.0. The van der Waals surface area contributed by atoms with Gasteiger partial charge in [0.2, 0.25) is 0 Å². The molecule has 0 spiro atoms. The number of carbonyl (C=O) groups is 1. The monoisotopic (exact) mass is 568 g/mol. The fraction of sp³-hybridized carbons (Fsp3) is 0.257. The molecule has 5 aromatic rings. The summed E-state index contributed by atoms with van der Waals surface area (Å²) in [5, 5.41) is 11.0. The maximum absolute atomic E-state index is 12.1. The van der Waals surface area contributed by atoms with Crippen molar-refractivity contribution < 1.29 is 24.1 Å². The van der Waals surface area contributed by atoms with Gasteiger partial charge in [0, 0.05) is 40.2 Å². The molecule has 7 nitrogen and oxygen atoms in total. The first-order chi connectivity index (χ1) is 19.9. The van der Waals surface area contributed by atoms with E-state index in [4.69, 9.17) is 19.3 Å². The molecule has 42 heavy (non-hydrogen) atoms. The second-order valence-corrected chi connectivity index (χ2v) is 9.80. The number of para-hydroxylation sites is 2. The number of pyridine rings is 1. The van der Waals surface area contributed by atoms with E-state index in [0.29, 0.717) is 34.4 Å². The van der Waals surface area contributed by atoms with Gasteiger partial charge in [-0.2, -0.15) is 0 Å². The summed E-state index contributed by atoms with van der Waals surface area (Å²) in [5.41, 5.74) is 5.35. The minimum Gasteiger partial charge on any atom is -0.497 e. The average molecular weight is 569 g/mol. The average Bonchev–Trinajstić information content (AvgIpc) is 3.41. The number of methoxy groups -OCH3 is 3. The van der Waals surface area contributed by atoms with Crippen LogP contribution in [0.2, 0.25) is 0 Å². The Morgan fingerprint density at radius 1 is 0.952 bits per heavy atom. The number of aliphatic hydroxyl groups is 1. The third kappa shape index (κ3) is 7.36. The van der Waals surface area contributed by atoms with Gasteiger partial charge in [0.25, 0.3) is 0 Å². The molecule has 220 valence electrons. The van der Waals surface area contributed by atoms with E-state index in [-0.39, 0.29) is 19.8 Å². The van der Waals surface area contributed by atoms with Gasteiger partial charge in [-0.25, -0.2) is 4.98 Å². The van der Waals surface area contributed by atoms with Crippen molar-refractivity contribution in [3.05, 3.63) is 95.3 Å². The first-order valence-electron chi connectivity index (χ1n) is 13.4. The molecular formula is C35H40N2O5. The minimum absolute atomic E-state index is 0. The Morgan fingerprint density at radius 2 is 1.74 bits per heavy atom. The number of rotatable bonds is 9. The zero-order valence-corrected chi connectivity index (χ0v) is 24.1. The summed E-state index contributed by atoms with van der Waals surface area (Å²) in [7, 11) is 4.80. The minimum atomic E-state index is -0.0238. The molecule has 0 saturated carbocycles. The predicted octanol–water partition coefficient (Wildman–Crippen LogP) is 7.61. The van der Waals surface area contributed by atoms with Crippen LogP contribution in [0.4, 0.5) is 0 Å². The largest absolute Gasteiger partial charge is 0.497 e. The van der Waals surface area contributed by atoms with E-state index in [1.807, 2.05) is 66.9 Å². The number of carbonyl (C=O) groups excluding carboxylic acids is 1. The smallest absolute Gasteiger partial charge is 0.167 e. The fourth-order valence-electron chi connectivity index (χ4n) is 4.69. The lowest BCUT2D eigenvalue weighted by Crippen LogP contribution is -2.03. The molecule has 0 aliphatic rings. The molecule has 2 heterocycles. The Morgan fingerprint density at radius 3 is 2.43 bits per heavy atom. The van der Waals surface area contributed by atoms with Crippen molar-refractivity contribution in [2.45, 2.75) is 27.7 Å². The topological polar surface area (TPSA) is 93.7 Å². The zero-order valence-electron chi connectivity index (χ0n) is 24.1. The Hall–Kier alpha value is -4.62. The Labute approximate surface area is 247 Å². The van der Waals surface area contributed by atoms with Crippen LogP contribution >= 0.6 is 0 Å². The lowest BCUT2D eigenvalue weighted by molar-refractivity contribution is 0.101. The maximum atomic E-state index is 12.1. The van der Waals surface area contributed by atoms with Crippen molar-refractivity contribution in [2.75, 3.05) is 27.9 Å². The number of nitrogens with zero attached hydrogens (tertiary/aromatic N) is 1. The number of aromatic nitrogens is 2. The van der Waals surface area contributed by atoms with Crippen LogP contribution in [0.5, 0.6) is 17.2 Å². The van der Waals surface area contributed by atoms with Gasteiger partial charge in [0.15, 0.2) is 17.3 Å². The number of fused-ring (bicyclic) bond motifs is 2. The van der Waals surface area contributed by atoms with Gasteiger partial charge in [-0.15, -0.1) is 0 Å². The quantitative estimate of drug-likeness (QED) is 0.178. The third-order valence-electron chi connectivity index (χ3n) is 6.84. The Balaban J connectivity index is 0.000000272. The van der Waals surface area contributed by atoms with E-state index < -0.39 is 0 Å². The van der Waals surface area contributed by atoms with Crippen LogP contribution in [-0.4, -0.2) is 48.8 Å². The SMILES string of the molecule is C.CC(CO)Cc1c[nH]c2ccccc12.COc1ccc2nc(/C=C/c3cccc(OC)c3OC)cc(C(C)=O)c2c1. The number of benzene rings is 3. The Kier molecular flexibility index (Phi) is 11.3. The number of aliphatic hydroxyl groups excluding tert-OH is 1. The molecular weight excluding hydrogens is 528 g/mol. The first kappa shape index (κ1) is 31.9. The fourth-order valence-corrected chi connectivity index (χ4v) is 4.69. The highest BCUT2D eigenvalue weighted by Crippen LogP contribution is 2.32. The molecule has 1 atom stereocenters. The molecule has 0 aliphatic heterocycles. The molecule has 0 bridgehead atoms. The number of aromatic amines is 1. The van der Waals surface area contributed by atoms with Gasteiger partial charge in [-0.05, 0) is 73.4 Å². The van der Waals surface area contributed by atoms with Crippen LogP contribution in [0.1, 0.15) is 48.5 Å². The summed E-state index contributed by atoms with van der Waals surface area (Å²) in [4.78, 5) is 20.0. The maximum Gasteiger partial charge on any atom is 0.167 e. The van der Waals surface area contributed by atoms with Gasteiger partial charge >= 0.3 is 0 Å². The number of nitrogens with one attached hydrogen (secondary N) is 1. The van der Waals surface area contributed by atoms with Crippen molar-refractivity contribution in [1.82, 2.24) is 9.97 Å². The molecule has 0 amide bonds. The van der Waals surface area contributed by atoms with E-state index in [0.717, 1.165) is 22.9 Å². The number of ketones is 1. The summed E-state index contributed by atoms with van der Waals surface area (Å²) >= 11 is 0. The number of hydrogen-bond donors (Lipinski definition) is 2. The van der Waals surface area contributed by atoms with Crippen LogP contribution < -0.4 is 14.2 Å². The van der Waals surface area contributed by atoms with Crippen LogP contribution in [0.25, 0.3) is 34.0 Å². The van der Waals surface area contributed by atoms with Crippen LogP contribution in [0.15, 0.2) is 72.9 Å². The number of ether oxygens (including phenoxy) is 3. The third-order valence-corrected chi connectivity index (χ3v) is 6.84. The molecule has 2 aromatic heterocycles. The van der Waals surface area contributed by atoms with Crippen molar-refractivity contribution >= 4 is 39.7 Å². The number of H-pyrrole nitrogens is 1. The molecule has 7 heteroatoms. The van der Waals surface area contributed by atoms with E-state index in [1.165, 1.54) is 16.5 Å². The summed E-state index contributed by atoms with van der Waals surface area (Å²) in [6.07, 6.45) is 6.72. The zero-order chi connectivity index (χ0) is 29.4. The van der Waals surface area contributed by atoms with E-state index >= 15 is 0 Å². The molecule has 0 radical (unpaired) electrons. The lowest BCUT2D eigenvalue weighted by atomic mass is 10.0. The summed E-state index contributed by atoms with van der Waals surface area (Å²) in [6.45, 7) is 3.86. The highest BCUT2D eigenvalue weighted by Gasteiger charge is 2.11. The van der Waals surface area contributed by atoms with E-state index in [2.05, 4.69) is 29.0 Å². The highest BCUT2D eigenvalue weighted by atomic mass is 16.5. The molecule has 0 saturated heterocycles. The summed E-state index contributed by atoms with van der Waals surface area (Å²) in [5.74, 6) is 2.30. The van der Waals surface area contributed by atoms with Crippen LogP contribution in [0, 0.1) is 5.92 Å². The Bertz CT molecular complexity index is 1670. The molecule has 0 fully saturated rings. The molecule has 5 rings (SSSR count). The number of Topliss-reactive ketones (excluding diaryl/α,β-unsaturated/α-hetero) is 1. The second-order valence-electron chi connectivity index (χ2n) is 9.80. The molecule has 2 N–H and O–H groups in total. The van der Waals surface area contributed by atoms with Crippen molar-refractivity contribution in [3.63, 3.8) is 0 Å². The van der Waals surface area contributed by atoms with E-state index in [1.54, 1.807) is 34.3 Å². The molecule has 0 aliphatic carbocycles. The normalized spacial score (nSPS) is 11.5. The van der Waals surface area contributed by atoms with Gasteiger partial charge < -0.3 is 24.3 Å². The van der Waals surface area contributed by atoms with Crippen molar-refractivity contribution in [1.29, 1.82) is 0 Å². The molecule has 3 aromatic carbocycles. The highest BCUT2D eigenvalue weighted by molar-refractivity contribution is 6.07. The van der Waals surface area contributed by atoms with Gasteiger partial charge in [-0.3, -0.25) is 4.79 Å².